The third-order valence-corrected chi connectivity index (χ3v) is 4.68. The number of benzene rings is 2. The van der Waals surface area contributed by atoms with Crippen molar-refractivity contribution in [3.63, 3.8) is 0 Å². The molecule has 0 aromatic heterocycles. The third kappa shape index (κ3) is 2.72. The van der Waals surface area contributed by atoms with Crippen molar-refractivity contribution < 1.29 is 9.13 Å². The maximum absolute atomic E-state index is 14.8. The highest BCUT2D eigenvalue weighted by molar-refractivity contribution is 5.95. The lowest BCUT2D eigenvalue weighted by Crippen LogP contribution is -2.44. The second kappa shape index (κ2) is 6.76. The first-order chi connectivity index (χ1) is 11.7. The third-order valence-electron chi connectivity index (χ3n) is 4.68. The van der Waals surface area contributed by atoms with Crippen LogP contribution in [0.25, 0.3) is 0 Å². The molecule has 0 saturated carbocycles. The van der Waals surface area contributed by atoms with Gasteiger partial charge in [0.25, 0.3) is 0 Å². The van der Waals surface area contributed by atoms with E-state index < -0.39 is 11.8 Å². The van der Waals surface area contributed by atoms with Crippen LogP contribution in [0.2, 0.25) is 0 Å². The van der Waals surface area contributed by atoms with Crippen molar-refractivity contribution in [2.45, 2.75) is 45.4 Å². The van der Waals surface area contributed by atoms with E-state index in [1.165, 1.54) is 11.1 Å². The molecule has 24 heavy (non-hydrogen) atoms. The highest BCUT2D eigenvalue weighted by Gasteiger charge is 2.50. The molecule has 1 aliphatic heterocycles. The van der Waals surface area contributed by atoms with E-state index in [1.807, 2.05) is 63.2 Å². The Morgan fingerprint density at radius 1 is 1.08 bits per heavy atom. The van der Waals surface area contributed by atoms with E-state index >= 15 is 0 Å². The number of hydrogen-bond acceptors (Lipinski definition) is 2. The van der Waals surface area contributed by atoms with Gasteiger partial charge in [0.2, 0.25) is 5.90 Å². The predicted octanol–water partition coefficient (Wildman–Crippen LogP) is 4.98. The number of nitrogens with zero attached hydrogens (tertiary/aromatic N) is 1. The molecule has 0 bridgehead atoms. The van der Waals surface area contributed by atoms with Crippen LogP contribution in [0.15, 0.2) is 53.5 Å². The quantitative estimate of drug-likeness (QED) is 0.725. The smallest absolute Gasteiger partial charge is 0.217 e. The Kier molecular flexibility index (Phi) is 4.70. The summed E-state index contributed by atoms with van der Waals surface area (Å²) in [5, 5.41) is 0. The molecule has 126 valence electrons. The largest absolute Gasteiger partial charge is 0.461 e. The van der Waals surface area contributed by atoms with E-state index in [0.29, 0.717) is 18.9 Å². The maximum atomic E-state index is 14.8. The van der Waals surface area contributed by atoms with Crippen LogP contribution < -0.4 is 0 Å². The van der Waals surface area contributed by atoms with Crippen molar-refractivity contribution >= 4 is 5.90 Å². The molecule has 2 aromatic rings. The van der Waals surface area contributed by atoms with Crippen LogP contribution in [-0.4, -0.2) is 18.6 Å². The van der Waals surface area contributed by atoms with Gasteiger partial charge in [-0.05, 0) is 37.5 Å². The van der Waals surface area contributed by atoms with Crippen LogP contribution in [-0.2, 0) is 16.8 Å². The van der Waals surface area contributed by atoms with Gasteiger partial charge in [0.05, 0.1) is 6.54 Å². The van der Waals surface area contributed by atoms with Gasteiger partial charge in [0.1, 0.15) is 6.17 Å². The molecule has 0 amide bonds. The molecule has 3 heteroatoms. The van der Waals surface area contributed by atoms with Crippen LogP contribution in [0.5, 0.6) is 0 Å². The zero-order valence-electron chi connectivity index (χ0n) is 14.6. The lowest BCUT2D eigenvalue weighted by atomic mass is 9.78. The number of aryl methyl sites for hydroxylation is 2. The van der Waals surface area contributed by atoms with Gasteiger partial charge in [-0.2, -0.15) is 0 Å². The average molecular weight is 325 g/mol. The average Bonchev–Trinajstić information content (AvgIpc) is 3.07. The van der Waals surface area contributed by atoms with E-state index in [-0.39, 0.29) is 0 Å². The van der Waals surface area contributed by atoms with Crippen molar-refractivity contribution in [1.82, 2.24) is 0 Å². The molecule has 1 spiro atoms. The molecule has 0 unspecified atom stereocenters. The molecule has 2 aromatic carbocycles. The summed E-state index contributed by atoms with van der Waals surface area (Å²) in [6.45, 7) is 6.39. The van der Waals surface area contributed by atoms with Gasteiger partial charge >= 0.3 is 0 Å². The highest BCUT2D eigenvalue weighted by Crippen LogP contribution is 2.43. The lowest BCUT2D eigenvalue weighted by molar-refractivity contribution is -0.0133. The van der Waals surface area contributed by atoms with E-state index in [0.717, 1.165) is 17.5 Å². The van der Waals surface area contributed by atoms with Crippen molar-refractivity contribution in [2.75, 3.05) is 6.54 Å². The van der Waals surface area contributed by atoms with Crippen LogP contribution >= 0.6 is 0 Å². The van der Waals surface area contributed by atoms with Crippen molar-refractivity contribution in [3.05, 3.63) is 70.8 Å². The molecular weight excluding hydrogens is 301 g/mol. The first-order valence-electron chi connectivity index (χ1n) is 8.72. The van der Waals surface area contributed by atoms with Gasteiger partial charge in [0.15, 0.2) is 5.60 Å². The summed E-state index contributed by atoms with van der Waals surface area (Å²) in [7, 11) is 0. The van der Waals surface area contributed by atoms with E-state index in [9.17, 15) is 4.39 Å². The van der Waals surface area contributed by atoms with Crippen LogP contribution in [0, 0.1) is 6.92 Å². The summed E-state index contributed by atoms with van der Waals surface area (Å²) in [5.74, 6) is 0.555. The van der Waals surface area contributed by atoms with E-state index in [1.54, 1.807) is 0 Å². The zero-order valence-corrected chi connectivity index (χ0v) is 14.6. The first kappa shape index (κ1) is 16.7. The normalized spacial score (nSPS) is 24.5. The fourth-order valence-electron chi connectivity index (χ4n) is 3.41. The number of fused-ring (bicyclic) bond motifs is 2. The lowest BCUT2D eigenvalue weighted by Gasteiger charge is -2.37. The first-order valence-corrected chi connectivity index (χ1v) is 8.72. The summed E-state index contributed by atoms with van der Waals surface area (Å²) in [6, 6.07) is 16.0. The monoisotopic (exact) mass is 325 g/mol. The summed E-state index contributed by atoms with van der Waals surface area (Å²) in [5.41, 5.74) is 3.30. The second-order valence-electron chi connectivity index (χ2n) is 6.14. The maximum Gasteiger partial charge on any atom is 0.217 e. The Labute approximate surface area is 143 Å². The summed E-state index contributed by atoms with van der Waals surface area (Å²) >= 11 is 0. The molecule has 0 N–H and O–H groups in total. The Morgan fingerprint density at radius 2 is 1.79 bits per heavy atom. The molecule has 2 aliphatic rings. The molecule has 1 heterocycles. The number of hydrogen-bond donors (Lipinski definition) is 0. The Bertz CT molecular complexity index is 738. The molecular formula is C21H24FNO. The summed E-state index contributed by atoms with van der Waals surface area (Å²) in [6.07, 6.45) is 0.241. The molecule has 2 atom stereocenters. The number of halogens is 1. The van der Waals surface area contributed by atoms with Gasteiger partial charge in [0, 0.05) is 11.1 Å². The summed E-state index contributed by atoms with van der Waals surface area (Å²) < 4.78 is 20.9. The minimum Gasteiger partial charge on any atom is -0.461 e. The van der Waals surface area contributed by atoms with Gasteiger partial charge in [-0.1, -0.05) is 55.8 Å². The minimum atomic E-state index is -1.02. The fourth-order valence-corrected chi connectivity index (χ4v) is 3.41. The number of rotatable bonds is 1. The second-order valence-corrected chi connectivity index (χ2v) is 6.14. The molecule has 2 nitrogen and oxygen atoms in total. The molecule has 0 saturated heterocycles. The Hall–Kier alpha value is -2.16. The Morgan fingerprint density at radius 3 is 2.54 bits per heavy atom. The topological polar surface area (TPSA) is 21.6 Å². The minimum absolute atomic E-state index is 0.356. The Balaban J connectivity index is 0.000000815. The van der Waals surface area contributed by atoms with E-state index in [2.05, 4.69) is 11.1 Å². The number of alkyl halides is 1. The van der Waals surface area contributed by atoms with Crippen LogP contribution in [0.4, 0.5) is 4.39 Å². The molecule has 4 rings (SSSR count). The van der Waals surface area contributed by atoms with Crippen LogP contribution in [0.3, 0.4) is 0 Å². The van der Waals surface area contributed by atoms with Gasteiger partial charge in [-0.3, -0.25) is 0 Å². The number of aliphatic imine (C=N–C) groups is 1. The van der Waals surface area contributed by atoms with Crippen molar-refractivity contribution in [3.8, 4) is 0 Å². The fraction of sp³-hybridized carbons (Fsp3) is 0.381. The van der Waals surface area contributed by atoms with Gasteiger partial charge < -0.3 is 4.74 Å². The van der Waals surface area contributed by atoms with E-state index in [4.69, 9.17) is 4.74 Å². The highest BCUT2D eigenvalue weighted by atomic mass is 19.1. The van der Waals surface area contributed by atoms with Crippen LogP contribution in [0.1, 0.15) is 42.5 Å². The number of ether oxygens (including phenoxy) is 1. The molecule has 0 radical (unpaired) electrons. The van der Waals surface area contributed by atoms with Crippen molar-refractivity contribution in [1.29, 1.82) is 0 Å². The van der Waals surface area contributed by atoms with Gasteiger partial charge in [-0.15, -0.1) is 0 Å². The predicted molar refractivity (Wildman–Crippen MR) is 96.4 cm³/mol. The zero-order chi connectivity index (χ0) is 17.2. The molecule has 1 aliphatic carbocycles. The standard InChI is InChI=1S/C19H18FNO.C2H6/c1-13-6-8-15(9-7-13)18-21-12-19(22-18)16-5-3-2-4-14(16)10-11-17(19)20;1-2/h2-9,17H,10-12H2,1H3;1-2H3/t17-,19-;/m0./s1. The van der Waals surface area contributed by atoms with Crippen molar-refractivity contribution in [2.24, 2.45) is 4.99 Å². The molecule has 0 fully saturated rings. The summed E-state index contributed by atoms with van der Waals surface area (Å²) in [4.78, 5) is 4.52. The van der Waals surface area contributed by atoms with Gasteiger partial charge in [-0.25, -0.2) is 9.38 Å². The SMILES string of the molecule is CC.Cc1ccc(C2=NC[C@]3(O2)c2ccccc2CC[C@@H]3F)cc1.